The van der Waals surface area contributed by atoms with Gasteiger partial charge in [-0.3, -0.25) is 9.36 Å². The maximum Gasteiger partial charge on any atom is 0.326 e. The fourth-order valence-electron chi connectivity index (χ4n) is 4.07. The molecule has 1 aliphatic carbocycles. The molecule has 24 heavy (non-hydrogen) atoms. The number of likely N-dealkylation sites (tertiary alicyclic amines) is 1. The van der Waals surface area contributed by atoms with Gasteiger partial charge in [-0.05, 0) is 43.9 Å². The van der Waals surface area contributed by atoms with Gasteiger partial charge in [0.15, 0.2) is 0 Å². The molecule has 6 heteroatoms. The van der Waals surface area contributed by atoms with E-state index >= 15 is 0 Å². The third kappa shape index (κ3) is 2.65. The summed E-state index contributed by atoms with van der Waals surface area (Å²) in [5.41, 5.74) is 8.14. The summed E-state index contributed by atoms with van der Waals surface area (Å²) < 4.78 is 1.87. The van der Waals surface area contributed by atoms with Crippen molar-refractivity contribution < 1.29 is 4.79 Å². The Labute approximate surface area is 140 Å². The number of carbonyl (C=O) groups excluding carboxylic acids is 1. The highest BCUT2D eigenvalue weighted by molar-refractivity contribution is 5.97. The number of benzene rings is 1. The lowest BCUT2D eigenvalue weighted by Gasteiger charge is -2.30. The molecule has 4 rings (SSSR count). The van der Waals surface area contributed by atoms with Gasteiger partial charge in [-0.25, -0.2) is 4.79 Å². The number of imidazole rings is 1. The monoisotopic (exact) mass is 328 g/mol. The molecule has 3 N–H and O–H groups in total. The first-order valence-corrected chi connectivity index (χ1v) is 8.92. The Morgan fingerprint density at radius 1 is 1.12 bits per heavy atom. The Balaban J connectivity index is 1.64. The second-order valence-electron chi connectivity index (χ2n) is 7.10. The van der Waals surface area contributed by atoms with Crippen molar-refractivity contribution in [3.63, 3.8) is 0 Å². The number of amides is 1. The van der Waals surface area contributed by atoms with Crippen LogP contribution in [0.25, 0.3) is 11.0 Å². The molecule has 0 atom stereocenters. The van der Waals surface area contributed by atoms with Gasteiger partial charge in [0.05, 0.1) is 11.0 Å². The van der Waals surface area contributed by atoms with Crippen LogP contribution in [0, 0.1) is 0 Å². The molecule has 1 aromatic carbocycles. The molecule has 1 aromatic heterocycles. The highest BCUT2D eigenvalue weighted by atomic mass is 16.2. The van der Waals surface area contributed by atoms with Crippen LogP contribution >= 0.6 is 0 Å². The summed E-state index contributed by atoms with van der Waals surface area (Å²) in [6.07, 6.45) is 6.17. The number of hydrogen-bond donors (Lipinski definition) is 2. The van der Waals surface area contributed by atoms with Gasteiger partial charge in [-0.1, -0.05) is 12.8 Å². The summed E-state index contributed by atoms with van der Waals surface area (Å²) in [5, 5.41) is 0. The van der Waals surface area contributed by atoms with Gasteiger partial charge in [0.25, 0.3) is 5.91 Å². The third-order valence-corrected chi connectivity index (χ3v) is 5.48. The van der Waals surface area contributed by atoms with E-state index in [2.05, 4.69) is 4.98 Å². The Hall–Kier alpha value is -2.08. The number of nitrogens with one attached hydrogen (secondary N) is 1. The summed E-state index contributed by atoms with van der Waals surface area (Å²) in [5.74, 6) is 0.0262. The van der Waals surface area contributed by atoms with Gasteiger partial charge in [0.1, 0.15) is 0 Å². The Morgan fingerprint density at radius 3 is 2.54 bits per heavy atom. The quantitative estimate of drug-likeness (QED) is 0.884. The van der Waals surface area contributed by atoms with E-state index < -0.39 is 0 Å². The van der Waals surface area contributed by atoms with Crippen molar-refractivity contribution in [1.29, 1.82) is 0 Å². The van der Waals surface area contributed by atoms with Crippen LogP contribution in [-0.2, 0) is 0 Å². The first-order valence-electron chi connectivity index (χ1n) is 8.92. The molecule has 0 radical (unpaired) electrons. The fraction of sp³-hybridized carbons (Fsp3) is 0.556. The van der Waals surface area contributed by atoms with Gasteiger partial charge < -0.3 is 15.6 Å². The van der Waals surface area contributed by atoms with Crippen molar-refractivity contribution in [3.8, 4) is 0 Å². The van der Waals surface area contributed by atoms with Crippen LogP contribution in [0.2, 0.25) is 0 Å². The van der Waals surface area contributed by atoms with E-state index in [1.165, 1.54) is 12.8 Å². The van der Waals surface area contributed by atoms with Crippen LogP contribution in [0.1, 0.15) is 54.9 Å². The maximum absolute atomic E-state index is 12.7. The summed E-state index contributed by atoms with van der Waals surface area (Å²) in [6, 6.07) is 6.07. The molecule has 0 unspecified atom stereocenters. The number of rotatable bonds is 2. The molecular formula is C18H24N4O2. The Kier molecular flexibility index (Phi) is 3.92. The van der Waals surface area contributed by atoms with Gasteiger partial charge in [-0.2, -0.15) is 0 Å². The third-order valence-electron chi connectivity index (χ3n) is 5.48. The first-order chi connectivity index (χ1) is 11.6. The molecule has 2 fully saturated rings. The smallest absolute Gasteiger partial charge is 0.326 e. The second kappa shape index (κ2) is 6.09. The molecule has 6 nitrogen and oxygen atoms in total. The van der Waals surface area contributed by atoms with Crippen molar-refractivity contribution in [3.05, 3.63) is 34.2 Å². The predicted octanol–water partition coefficient (Wildman–Crippen LogP) is 2.01. The average Bonchev–Trinajstić information content (AvgIpc) is 3.20. The number of hydrogen-bond acceptors (Lipinski definition) is 3. The number of aromatic amines is 1. The normalized spacial score (nSPS) is 20.1. The summed E-state index contributed by atoms with van der Waals surface area (Å²) in [7, 11) is 0. The molecule has 2 aromatic rings. The Morgan fingerprint density at radius 2 is 1.83 bits per heavy atom. The fourth-order valence-corrected chi connectivity index (χ4v) is 4.07. The van der Waals surface area contributed by atoms with Crippen molar-refractivity contribution in [2.75, 3.05) is 13.1 Å². The molecule has 2 heterocycles. The van der Waals surface area contributed by atoms with E-state index in [-0.39, 0.29) is 23.7 Å². The molecule has 0 bridgehead atoms. The predicted molar refractivity (Wildman–Crippen MR) is 93.2 cm³/mol. The highest BCUT2D eigenvalue weighted by Gasteiger charge is 2.24. The lowest BCUT2D eigenvalue weighted by Crippen LogP contribution is -2.42. The summed E-state index contributed by atoms with van der Waals surface area (Å²) in [6.45, 7) is 1.41. The molecule has 0 spiro atoms. The molecule has 1 amide bonds. The van der Waals surface area contributed by atoms with Crippen LogP contribution in [0.3, 0.4) is 0 Å². The van der Waals surface area contributed by atoms with E-state index in [0.717, 1.165) is 36.7 Å². The lowest BCUT2D eigenvalue weighted by molar-refractivity contribution is 0.0715. The molecule has 1 aliphatic heterocycles. The topological polar surface area (TPSA) is 84.1 Å². The molecule has 1 saturated heterocycles. The average molecular weight is 328 g/mol. The number of aromatic nitrogens is 2. The second-order valence-corrected chi connectivity index (χ2v) is 7.10. The standard InChI is InChI=1S/C18H24N4O2/c19-13-7-9-21(10-8-13)17(23)12-5-6-16-15(11-12)20-18(24)22(16)14-3-1-2-4-14/h5-6,11,13-14H,1-4,7-10,19H2,(H,20,24). The molecule has 1 saturated carbocycles. The molecular weight excluding hydrogens is 304 g/mol. The minimum Gasteiger partial charge on any atom is -0.339 e. The minimum absolute atomic E-state index is 0.0262. The van der Waals surface area contributed by atoms with Crippen LogP contribution in [0.4, 0.5) is 0 Å². The number of fused-ring (bicyclic) bond motifs is 1. The minimum atomic E-state index is -0.0644. The van der Waals surface area contributed by atoms with Gasteiger partial charge >= 0.3 is 5.69 Å². The zero-order valence-electron chi connectivity index (χ0n) is 13.8. The molecule has 128 valence electrons. The number of nitrogens with two attached hydrogens (primary N) is 1. The zero-order valence-corrected chi connectivity index (χ0v) is 13.8. The van der Waals surface area contributed by atoms with E-state index in [9.17, 15) is 9.59 Å². The van der Waals surface area contributed by atoms with Gasteiger partial charge in [0, 0.05) is 30.7 Å². The first kappa shape index (κ1) is 15.4. The highest BCUT2D eigenvalue weighted by Crippen LogP contribution is 2.30. The van der Waals surface area contributed by atoms with Crippen LogP contribution in [-0.4, -0.2) is 39.5 Å². The van der Waals surface area contributed by atoms with Crippen LogP contribution in [0.15, 0.2) is 23.0 Å². The van der Waals surface area contributed by atoms with Crippen molar-refractivity contribution in [2.24, 2.45) is 5.73 Å². The van der Waals surface area contributed by atoms with Gasteiger partial charge in [-0.15, -0.1) is 0 Å². The number of nitrogens with zero attached hydrogens (tertiary/aromatic N) is 2. The number of piperidine rings is 1. The molecule has 2 aliphatic rings. The largest absolute Gasteiger partial charge is 0.339 e. The van der Waals surface area contributed by atoms with Crippen LogP contribution in [0.5, 0.6) is 0 Å². The van der Waals surface area contributed by atoms with Crippen molar-refractivity contribution in [2.45, 2.75) is 50.6 Å². The Bertz CT molecular complexity index is 808. The summed E-state index contributed by atoms with van der Waals surface area (Å²) >= 11 is 0. The number of H-pyrrole nitrogens is 1. The number of carbonyl (C=O) groups is 1. The SMILES string of the molecule is NC1CCN(C(=O)c2ccc3c(c2)[nH]c(=O)n3C2CCCC2)CC1. The summed E-state index contributed by atoms with van der Waals surface area (Å²) in [4.78, 5) is 29.8. The van der Waals surface area contributed by atoms with E-state index in [0.29, 0.717) is 18.7 Å². The van der Waals surface area contributed by atoms with Gasteiger partial charge in [0.2, 0.25) is 0 Å². The van der Waals surface area contributed by atoms with E-state index in [1.54, 1.807) is 0 Å². The van der Waals surface area contributed by atoms with E-state index in [1.807, 2.05) is 27.7 Å². The van der Waals surface area contributed by atoms with Crippen molar-refractivity contribution >= 4 is 16.9 Å². The maximum atomic E-state index is 12.7. The van der Waals surface area contributed by atoms with E-state index in [4.69, 9.17) is 5.73 Å². The van der Waals surface area contributed by atoms with Crippen LogP contribution < -0.4 is 11.4 Å². The zero-order chi connectivity index (χ0) is 16.7. The van der Waals surface area contributed by atoms with Crippen molar-refractivity contribution in [1.82, 2.24) is 14.5 Å². The lowest BCUT2D eigenvalue weighted by atomic mass is 10.0.